The SMILES string of the molecule is O=C(c1ccc[nH]1)N1CCC(Cc2ccc(F)cc2)CC1. The van der Waals surface area contributed by atoms with Crippen molar-refractivity contribution in [3.8, 4) is 0 Å². The first-order chi connectivity index (χ1) is 10.2. The monoisotopic (exact) mass is 286 g/mol. The second-order valence-corrected chi connectivity index (χ2v) is 5.65. The maximum absolute atomic E-state index is 12.9. The molecule has 0 atom stereocenters. The second kappa shape index (κ2) is 6.12. The fourth-order valence-corrected chi connectivity index (χ4v) is 2.93. The van der Waals surface area contributed by atoms with E-state index >= 15 is 0 Å². The van der Waals surface area contributed by atoms with Crippen LogP contribution in [0.15, 0.2) is 42.6 Å². The lowest BCUT2D eigenvalue weighted by atomic mass is 9.90. The molecule has 0 unspecified atom stereocenters. The largest absolute Gasteiger partial charge is 0.357 e. The molecule has 4 heteroatoms. The molecule has 2 heterocycles. The van der Waals surface area contributed by atoms with Gasteiger partial charge in [-0.1, -0.05) is 12.1 Å². The minimum absolute atomic E-state index is 0.0835. The predicted octanol–water partition coefficient (Wildman–Crippen LogP) is 3.25. The first kappa shape index (κ1) is 13.9. The molecule has 1 saturated heterocycles. The van der Waals surface area contributed by atoms with Gasteiger partial charge in [-0.05, 0) is 55.0 Å². The van der Waals surface area contributed by atoms with Gasteiger partial charge in [-0.3, -0.25) is 4.79 Å². The number of nitrogens with one attached hydrogen (secondary N) is 1. The van der Waals surface area contributed by atoms with Crippen molar-refractivity contribution in [3.05, 3.63) is 59.7 Å². The highest BCUT2D eigenvalue weighted by atomic mass is 19.1. The van der Waals surface area contributed by atoms with Crippen LogP contribution in [0.1, 0.15) is 28.9 Å². The molecule has 3 nitrogen and oxygen atoms in total. The molecule has 0 aliphatic carbocycles. The number of hydrogen-bond donors (Lipinski definition) is 1. The third-order valence-electron chi connectivity index (χ3n) is 4.17. The smallest absolute Gasteiger partial charge is 0.270 e. The quantitative estimate of drug-likeness (QED) is 0.923. The predicted molar refractivity (Wildman–Crippen MR) is 79.5 cm³/mol. The zero-order valence-electron chi connectivity index (χ0n) is 11.9. The number of H-pyrrole nitrogens is 1. The highest BCUT2D eigenvalue weighted by Crippen LogP contribution is 2.22. The van der Waals surface area contributed by atoms with Crippen LogP contribution < -0.4 is 0 Å². The Kier molecular flexibility index (Phi) is 4.04. The zero-order valence-corrected chi connectivity index (χ0v) is 11.9. The number of amides is 1. The van der Waals surface area contributed by atoms with E-state index in [2.05, 4.69) is 4.98 Å². The molecule has 1 aliphatic heterocycles. The third kappa shape index (κ3) is 3.32. The highest BCUT2D eigenvalue weighted by molar-refractivity contribution is 5.92. The van der Waals surface area contributed by atoms with E-state index in [-0.39, 0.29) is 11.7 Å². The molecule has 1 amide bonds. The van der Waals surface area contributed by atoms with Crippen LogP contribution in [-0.2, 0) is 6.42 Å². The molecule has 1 N–H and O–H groups in total. The van der Waals surface area contributed by atoms with Gasteiger partial charge in [0, 0.05) is 19.3 Å². The van der Waals surface area contributed by atoms with Crippen LogP contribution in [-0.4, -0.2) is 28.9 Å². The first-order valence-corrected chi connectivity index (χ1v) is 7.39. The zero-order chi connectivity index (χ0) is 14.7. The molecule has 1 aromatic heterocycles. The fourth-order valence-electron chi connectivity index (χ4n) is 2.93. The number of nitrogens with zero attached hydrogens (tertiary/aromatic N) is 1. The van der Waals surface area contributed by atoms with Crippen LogP contribution in [0.5, 0.6) is 0 Å². The second-order valence-electron chi connectivity index (χ2n) is 5.65. The Morgan fingerprint density at radius 1 is 1.19 bits per heavy atom. The van der Waals surface area contributed by atoms with E-state index in [0.29, 0.717) is 11.6 Å². The molecule has 0 spiro atoms. The van der Waals surface area contributed by atoms with E-state index < -0.39 is 0 Å². The van der Waals surface area contributed by atoms with Crippen LogP contribution in [0.25, 0.3) is 0 Å². The lowest BCUT2D eigenvalue weighted by molar-refractivity contribution is 0.0685. The van der Waals surface area contributed by atoms with Gasteiger partial charge in [0.1, 0.15) is 11.5 Å². The number of benzene rings is 1. The van der Waals surface area contributed by atoms with Crippen LogP contribution >= 0.6 is 0 Å². The topological polar surface area (TPSA) is 36.1 Å². The van der Waals surface area contributed by atoms with Gasteiger partial charge < -0.3 is 9.88 Å². The van der Waals surface area contributed by atoms with E-state index in [0.717, 1.165) is 32.4 Å². The molecule has 21 heavy (non-hydrogen) atoms. The number of piperidine rings is 1. The van der Waals surface area contributed by atoms with Gasteiger partial charge in [0.25, 0.3) is 5.91 Å². The Labute approximate surface area is 123 Å². The number of likely N-dealkylation sites (tertiary alicyclic amines) is 1. The van der Waals surface area contributed by atoms with E-state index in [1.807, 2.05) is 29.2 Å². The lowest BCUT2D eigenvalue weighted by Crippen LogP contribution is -2.39. The summed E-state index contributed by atoms with van der Waals surface area (Å²) >= 11 is 0. The minimum atomic E-state index is -0.190. The number of aromatic nitrogens is 1. The van der Waals surface area contributed by atoms with Gasteiger partial charge in [-0.2, -0.15) is 0 Å². The summed E-state index contributed by atoms with van der Waals surface area (Å²) in [4.78, 5) is 17.1. The molecule has 3 rings (SSSR count). The third-order valence-corrected chi connectivity index (χ3v) is 4.17. The summed E-state index contributed by atoms with van der Waals surface area (Å²) in [6.45, 7) is 1.59. The van der Waals surface area contributed by atoms with Crippen molar-refractivity contribution in [1.82, 2.24) is 9.88 Å². The summed E-state index contributed by atoms with van der Waals surface area (Å²) in [5, 5.41) is 0. The van der Waals surface area contributed by atoms with Gasteiger partial charge >= 0.3 is 0 Å². The van der Waals surface area contributed by atoms with E-state index in [4.69, 9.17) is 0 Å². The Morgan fingerprint density at radius 2 is 1.90 bits per heavy atom. The first-order valence-electron chi connectivity index (χ1n) is 7.39. The average molecular weight is 286 g/mol. The minimum Gasteiger partial charge on any atom is -0.357 e. The van der Waals surface area contributed by atoms with Crippen LogP contribution in [0, 0.1) is 11.7 Å². The lowest BCUT2D eigenvalue weighted by Gasteiger charge is -2.31. The number of carbonyl (C=O) groups excluding carboxylic acids is 1. The molecule has 1 fully saturated rings. The number of halogens is 1. The van der Waals surface area contributed by atoms with Crippen molar-refractivity contribution in [1.29, 1.82) is 0 Å². The van der Waals surface area contributed by atoms with Crippen LogP contribution in [0.4, 0.5) is 4.39 Å². The maximum atomic E-state index is 12.9. The summed E-state index contributed by atoms with van der Waals surface area (Å²) in [5.74, 6) is 0.466. The molecular formula is C17H19FN2O. The maximum Gasteiger partial charge on any atom is 0.270 e. The molecule has 1 aromatic carbocycles. The summed E-state index contributed by atoms with van der Waals surface area (Å²) in [7, 11) is 0. The van der Waals surface area contributed by atoms with Crippen molar-refractivity contribution in [2.45, 2.75) is 19.3 Å². The van der Waals surface area contributed by atoms with Crippen molar-refractivity contribution >= 4 is 5.91 Å². The Balaban J connectivity index is 1.53. The molecular weight excluding hydrogens is 267 g/mol. The van der Waals surface area contributed by atoms with Crippen molar-refractivity contribution in [2.24, 2.45) is 5.92 Å². The molecule has 2 aromatic rings. The van der Waals surface area contributed by atoms with Gasteiger partial charge in [0.05, 0.1) is 0 Å². The Morgan fingerprint density at radius 3 is 2.52 bits per heavy atom. The van der Waals surface area contributed by atoms with Gasteiger partial charge in [0.2, 0.25) is 0 Å². The molecule has 0 bridgehead atoms. The fraction of sp³-hybridized carbons (Fsp3) is 0.353. The normalized spacial score (nSPS) is 16.1. The van der Waals surface area contributed by atoms with Crippen molar-refractivity contribution in [2.75, 3.05) is 13.1 Å². The highest BCUT2D eigenvalue weighted by Gasteiger charge is 2.24. The summed E-state index contributed by atoms with van der Waals surface area (Å²) in [6, 6.07) is 10.4. The van der Waals surface area contributed by atoms with Gasteiger partial charge in [-0.15, -0.1) is 0 Å². The van der Waals surface area contributed by atoms with Gasteiger partial charge in [0.15, 0.2) is 0 Å². The number of hydrogen-bond acceptors (Lipinski definition) is 1. The Bertz CT molecular complexity index is 584. The average Bonchev–Trinajstić information content (AvgIpc) is 3.04. The summed E-state index contributed by atoms with van der Waals surface area (Å²) in [5.41, 5.74) is 1.83. The van der Waals surface area contributed by atoms with Crippen molar-refractivity contribution < 1.29 is 9.18 Å². The number of aromatic amines is 1. The van der Waals surface area contributed by atoms with Gasteiger partial charge in [-0.25, -0.2) is 4.39 Å². The molecule has 0 saturated carbocycles. The van der Waals surface area contributed by atoms with E-state index in [9.17, 15) is 9.18 Å². The molecule has 1 aliphatic rings. The summed E-state index contributed by atoms with van der Waals surface area (Å²) < 4.78 is 12.9. The number of carbonyl (C=O) groups is 1. The number of rotatable bonds is 3. The summed E-state index contributed by atoms with van der Waals surface area (Å²) in [6.07, 6.45) is 4.74. The Hall–Kier alpha value is -2.10. The van der Waals surface area contributed by atoms with Crippen LogP contribution in [0.2, 0.25) is 0 Å². The van der Waals surface area contributed by atoms with Crippen LogP contribution in [0.3, 0.4) is 0 Å². The molecule has 0 radical (unpaired) electrons. The van der Waals surface area contributed by atoms with E-state index in [1.54, 1.807) is 6.20 Å². The van der Waals surface area contributed by atoms with E-state index in [1.165, 1.54) is 17.7 Å². The molecule has 110 valence electrons. The van der Waals surface area contributed by atoms with Crippen molar-refractivity contribution in [3.63, 3.8) is 0 Å². The standard InChI is InChI=1S/C17H19FN2O/c18-15-5-3-13(4-6-15)12-14-7-10-20(11-8-14)17(21)16-2-1-9-19-16/h1-6,9,14,19H,7-8,10-12H2.